The van der Waals surface area contributed by atoms with Crippen molar-refractivity contribution in [1.29, 1.82) is 0 Å². The Kier molecular flexibility index (Phi) is 7.48. The van der Waals surface area contributed by atoms with Crippen LogP contribution in [0.5, 0.6) is 23.0 Å². The number of aliphatic hydroxyl groups excluding tert-OH is 1. The zero-order valence-electron chi connectivity index (χ0n) is 19.5. The van der Waals surface area contributed by atoms with Crippen molar-refractivity contribution in [3.63, 3.8) is 0 Å². The number of hydrogen-bond donors (Lipinski definition) is 1. The Morgan fingerprint density at radius 3 is 2.27 bits per heavy atom. The first kappa shape index (κ1) is 24.0. The van der Waals surface area contributed by atoms with E-state index >= 15 is 0 Å². The van der Waals surface area contributed by atoms with E-state index < -0.39 is 17.7 Å². The van der Waals surface area contributed by atoms with Crippen molar-refractivity contribution in [3.8, 4) is 23.0 Å². The predicted octanol–water partition coefficient (Wildman–Crippen LogP) is 3.94. The van der Waals surface area contributed by atoms with Crippen molar-refractivity contribution in [3.05, 3.63) is 53.1 Å². The van der Waals surface area contributed by atoms with Crippen molar-refractivity contribution in [2.45, 2.75) is 26.3 Å². The highest BCUT2D eigenvalue weighted by Crippen LogP contribution is 2.43. The molecule has 1 aliphatic heterocycles. The number of rotatable bonds is 9. The summed E-state index contributed by atoms with van der Waals surface area (Å²) in [6, 6.07) is 9.28. The summed E-state index contributed by atoms with van der Waals surface area (Å²) in [6.07, 6.45) is 0.642. The molecule has 1 atom stereocenters. The molecule has 3 rings (SSSR count). The molecule has 0 bridgehead atoms. The van der Waals surface area contributed by atoms with Gasteiger partial charge in [-0.3, -0.25) is 9.59 Å². The molecule has 1 N–H and O–H groups in total. The molecule has 0 radical (unpaired) electrons. The number of nitrogens with zero attached hydrogens (tertiary/aromatic N) is 1. The molecule has 8 heteroatoms. The van der Waals surface area contributed by atoms with Gasteiger partial charge in [0, 0.05) is 12.6 Å². The van der Waals surface area contributed by atoms with Gasteiger partial charge in [0.15, 0.2) is 11.5 Å². The summed E-state index contributed by atoms with van der Waals surface area (Å²) < 4.78 is 21.7. The molecule has 8 nitrogen and oxygen atoms in total. The lowest BCUT2D eigenvalue weighted by atomic mass is 9.94. The number of amides is 1. The largest absolute Gasteiger partial charge is 0.507 e. The quantitative estimate of drug-likeness (QED) is 0.348. The Labute approximate surface area is 193 Å². The van der Waals surface area contributed by atoms with Crippen LogP contribution in [-0.4, -0.2) is 56.2 Å². The predicted molar refractivity (Wildman–Crippen MR) is 123 cm³/mol. The second-order valence-corrected chi connectivity index (χ2v) is 7.40. The summed E-state index contributed by atoms with van der Waals surface area (Å²) in [4.78, 5) is 27.5. The fourth-order valence-electron chi connectivity index (χ4n) is 3.97. The molecule has 1 saturated heterocycles. The third kappa shape index (κ3) is 4.46. The van der Waals surface area contributed by atoms with Crippen LogP contribution in [0.2, 0.25) is 0 Å². The highest BCUT2D eigenvalue weighted by molar-refractivity contribution is 6.46. The van der Waals surface area contributed by atoms with E-state index in [9.17, 15) is 14.7 Å². The summed E-state index contributed by atoms with van der Waals surface area (Å²) in [7, 11) is 4.49. The van der Waals surface area contributed by atoms with Gasteiger partial charge in [-0.25, -0.2) is 0 Å². The second kappa shape index (κ2) is 10.3. The van der Waals surface area contributed by atoms with Crippen molar-refractivity contribution in [2.75, 3.05) is 34.5 Å². The number of carbonyl (C=O) groups excluding carboxylic acids is 2. The van der Waals surface area contributed by atoms with Gasteiger partial charge in [-0.1, -0.05) is 13.0 Å². The summed E-state index contributed by atoms with van der Waals surface area (Å²) in [5, 5.41) is 11.3. The third-order valence-electron chi connectivity index (χ3n) is 5.47. The van der Waals surface area contributed by atoms with Crippen LogP contribution in [0, 0.1) is 0 Å². The molecule has 0 saturated carbocycles. The van der Waals surface area contributed by atoms with Gasteiger partial charge in [0.05, 0.1) is 45.1 Å². The Balaban J connectivity index is 2.22. The second-order valence-electron chi connectivity index (χ2n) is 7.40. The Morgan fingerprint density at radius 1 is 0.939 bits per heavy atom. The van der Waals surface area contributed by atoms with Gasteiger partial charge >= 0.3 is 0 Å². The maximum Gasteiger partial charge on any atom is 0.295 e. The molecular weight excluding hydrogens is 426 g/mol. The highest BCUT2D eigenvalue weighted by atomic mass is 16.5. The first-order chi connectivity index (χ1) is 15.9. The van der Waals surface area contributed by atoms with Crippen molar-refractivity contribution >= 4 is 17.4 Å². The van der Waals surface area contributed by atoms with E-state index in [0.29, 0.717) is 48.1 Å². The number of methoxy groups -OCH3 is 3. The van der Waals surface area contributed by atoms with E-state index in [1.165, 1.54) is 26.2 Å². The van der Waals surface area contributed by atoms with Crippen molar-refractivity contribution < 1.29 is 33.6 Å². The Hall–Kier alpha value is -3.68. The maximum absolute atomic E-state index is 13.1. The number of carbonyl (C=O) groups is 2. The van der Waals surface area contributed by atoms with E-state index in [1.807, 2.05) is 13.8 Å². The number of hydrogen-bond acceptors (Lipinski definition) is 7. The van der Waals surface area contributed by atoms with Crippen molar-refractivity contribution in [2.24, 2.45) is 0 Å². The van der Waals surface area contributed by atoms with E-state index in [2.05, 4.69) is 0 Å². The minimum Gasteiger partial charge on any atom is -0.507 e. The topological polar surface area (TPSA) is 94.5 Å². The van der Waals surface area contributed by atoms with Crippen LogP contribution in [0.25, 0.3) is 5.76 Å². The van der Waals surface area contributed by atoms with Gasteiger partial charge < -0.3 is 29.0 Å². The van der Waals surface area contributed by atoms with Crippen molar-refractivity contribution in [1.82, 2.24) is 4.90 Å². The van der Waals surface area contributed by atoms with Crippen LogP contribution in [0.1, 0.15) is 37.4 Å². The number of Topliss-reactive ketones (excluding diaryl/α,β-unsaturated/α-hetero) is 1. The molecule has 1 heterocycles. The van der Waals surface area contributed by atoms with Crippen LogP contribution in [0.4, 0.5) is 0 Å². The molecule has 0 spiro atoms. The van der Waals surface area contributed by atoms with Gasteiger partial charge in [-0.15, -0.1) is 0 Å². The number of likely N-dealkylation sites (tertiary alicyclic amines) is 1. The SMILES string of the molecule is CCCN1C(=O)C(=O)/C(=C(/O)c2ccc(OC)cc2OC)C1c1ccc(OCC)c(OC)c1. The van der Waals surface area contributed by atoms with Gasteiger partial charge in [0.25, 0.3) is 11.7 Å². The summed E-state index contributed by atoms with van der Waals surface area (Å²) in [5.74, 6) is 0.135. The van der Waals surface area contributed by atoms with E-state index in [1.54, 1.807) is 36.4 Å². The lowest BCUT2D eigenvalue weighted by Gasteiger charge is -2.25. The number of ether oxygens (including phenoxy) is 4. The lowest BCUT2D eigenvalue weighted by molar-refractivity contribution is -0.139. The normalized spacial score (nSPS) is 17.2. The molecule has 1 aliphatic rings. The number of benzene rings is 2. The molecular formula is C25H29NO7. The molecule has 0 aliphatic carbocycles. The average Bonchev–Trinajstić information content (AvgIpc) is 3.08. The molecule has 0 aromatic heterocycles. The average molecular weight is 456 g/mol. The summed E-state index contributed by atoms with van der Waals surface area (Å²) >= 11 is 0. The monoisotopic (exact) mass is 455 g/mol. The smallest absolute Gasteiger partial charge is 0.295 e. The van der Waals surface area contributed by atoms with Gasteiger partial charge in [0.2, 0.25) is 0 Å². The zero-order chi connectivity index (χ0) is 24.1. The van der Waals surface area contributed by atoms with Gasteiger partial charge in [-0.05, 0) is 43.2 Å². The minimum atomic E-state index is -0.790. The van der Waals surface area contributed by atoms with Gasteiger partial charge in [0.1, 0.15) is 17.3 Å². The third-order valence-corrected chi connectivity index (χ3v) is 5.47. The summed E-state index contributed by atoms with van der Waals surface area (Å²) in [5.41, 5.74) is 0.899. The first-order valence-electron chi connectivity index (χ1n) is 10.7. The molecule has 2 aromatic carbocycles. The molecule has 33 heavy (non-hydrogen) atoms. The molecule has 1 amide bonds. The number of aliphatic hydroxyl groups is 1. The van der Waals surface area contributed by atoms with Crippen LogP contribution in [-0.2, 0) is 9.59 Å². The molecule has 2 aromatic rings. The standard InChI is InChI=1S/C25H29NO7/c1-6-12-26-22(15-8-11-18(33-7-2)20(13-15)32-5)21(24(28)25(26)29)23(27)17-10-9-16(30-3)14-19(17)31-4/h8-11,13-14,22,27H,6-7,12H2,1-5H3/b23-21+. The van der Waals surface area contributed by atoms with E-state index in [-0.39, 0.29) is 16.9 Å². The van der Waals surface area contributed by atoms with Crippen LogP contribution < -0.4 is 18.9 Å². The molecule has 1 unspecified atom stereocenters. The fourth-order valence-corrected chi connectivity index (χ4v) is 3.97. The van der Waals surface area contributed by atoms with Crippen LogP contribution >= 0.6 is 0 Å². The number of ketones is 1. The van der Waals surface area contributed by atoms with Gasteiger partial charge in [-0.2, -0.15) is 0 Å². The Morgan fingerprint density at radius 2 is 1.67 bits per heavy atom. The summed E-state index contributed by atoms with van der Waals surface area (Å²) in [6.45, 7) is 4.59. The van der Waals surface area contributed by atoms with E-state index in [4.69, 9.17) is 18.9 Å². The highest BCUT2D eigenvalue weighted by Gasteiger charge is 2.46. The minimum absolute atomic E-state index is 0.0110. The molecule has 176 valence electrons. The molecule has 1 fully saturated rings. The maximum atomic E-state index is 13.1. The first-order valence-corrected chi connectivity index (χ1v) is 10.7. The fraction of sp³-hybridized carbons (Fsp3) is 0.360. The van der Waals surface area contributed by atoms with E-state index in [0.717, 1.165) is 0 Å². The van der Waals surface area contributed by atoms with Crippen LogP contribution in [0.15, 0.2) is 42.0 Å². The lowest BCUT2D eigenvalue weighted by Crippen LogP contribution is -2.30. The Bertz CT molecular complexity index is 1080. The zero-order valence-corrected chi connectivity index (χ0v) is 19.5. The van der Waals surface area contributed by atoms with Crippen LogP contribution in [0.3, 0.4) is 0 Å².